The fraction of sp³-hybridized carbons (Fsp3) is 0.571. The zero-order chi connectivity index (χ0) is 14.7. The second-order valence-electron chi connectivity index (χ2n) is 5.08. The Balaban J connectivity index is 2.36. The molecule has 6 nitrogen and oxygen atoms in total. The summed E-state index contributed by atoms with van der Waals surface area (Å²) in [6, 6.07) is -0.269. The Morgan fingerprint density at radius 2 is 2.00 bits per heavy atom. The number of anilines is 1. The maximum atomic E-state index is 12.1. The molecule has 0 fully saturated rings. The monoisotopic (exact) mass is 279 g/mol. The van der Waals surface area contributed by atoms with Crippen LogP contribution in [-0.4, -0.2) is 42.6 Å². The Morgan fingerprint density at radius 3 is 2.65 bits per heavy atom. The predicted molar refractivity (Wildman–Crippen MR) is 76.1 cm³/mol. The molecule has 0 aromatic carbocycles. The molecule has 1 aliphatic carbocycles. The van der Waals surface area contributed by atoms with Crippen molar-refractivity contribution in [1.29, 1.82) is 0 Å². The quantitative estimate of drug-likeness (QED) is 0.833. The first-order chi connectivity index (χ1) is 9.54. The van der Waals surface area contributed by atoms with E-state index in [-0.39, 0.29) is 12.0 Å². The number of nitrogens with zero attached hydrogens (tertiary/aromatic N) is 1. The number of hydrogen-bond donors (Lipinski definition) is 2. The molecule has 2 amide bonds. The molecule has 0 saturated carbocycles. The summed E-state index contributed by atoms with van der Waals surface area (Å²) in [5.74, 6) is 0.0787. The Morgan fingerprint density at radius 1 is 1.30 bits per heavy atom. The van der Waals surface area contributed by atoms with Crippen LogP contribution in [0, 0.1) is 0 Å². The minimum absolute atomic E-state index is 0.269. The maximum absolute atomic E-state index is 12.1. The van der Waals surface area contributed by atoms with Crippen LogP contribution in [-0.2, 0) is 17.6 Å². The number of nitrogens with one attached hydrogen (secondary N) is 2. The van der Waals surface area contributed by atoms with Gasteiger partial charge in [0.25, 0.3) is 0 Å². The Labute approximate surface area is 118 Å². The van der Waals surface area contributed by atoms with Crippen molar-refractivity contribution >= 4 is 17.8 Å². The zero-order valence-corrected chi connectivity index (χ0v) is 12.2. The van der Waals surface area contributed by atoms with Crippen molar-refractivity contribution in [3.8, 4) is 0 Å². The maximum Gasteiger partial charge on any atom is 0.342 e. The molecular weight excluding hydrogens is 258 g/mol. The molecule has 1 aromatic rings. The lowest BCUT2D eigenvalue weighted by atomic mass is 9.95. The lowest BCUT2D eigenvalue weighted by Gasteiger charge is -2.13. The van der Waals surface area contributed by atoms with Gasteiger partial charge in [0.1, 0.15) is 11.4 Å². The van der Waals surface area contributed by atoms with E-state index in [1.807, 2.05) is 0 Å². The molecule has 0 aliphatic heterocycles. The van der Waals surface area contributed by atoms with Gasteiger partial charge in [-0.25, -0.2) is 9.59 Å². The first-order valence-electron chi connectivity index (χ1n) is 6.93. The number of carbonyl (C=O) groups excluding carboxylic acids is 2. The number of ether oxygens (including phenoxy) is 1. The molecule has 2 rings (SSSR count). The highest BCUT2D eigenvalue weighted by atomic mass is 16.5. The largest absolute Gasteiger partial charge is 0.462 e. The fourth-order valence-corrected chi connectivity index (χ4v) is 2.42. The van der Waals surface area contributed by atoms with E-state index >= 15 is 0 Å². The minimum atomic E-state index is -0.374. The summed E-state index contributed by atoms with van der Waals surface area (Å²) >= 11 is 0. The highest BCUT2D eigenvalue weighted by Gasteiger charge is 2.26. The third kappa shape index (κ3) is 2.79. The number of H-pyrrole nitrogens is 1. The SMILES string of the molecule is CCOC(=O)c1c(NC(=O)N(C)C)[nH]c2c1CCCC2. The van der Waals surface area contributed by atoms with Gasteiger partial charge in [-0.15, -0.1) is 0 Å². The van der Waals surface area contributed by atoms with Gasteiger partial charge in [-0.3, -0.25) is 5.32 Å². The zero-order valence-electron chi connectivity index (χ0n) is 12.2. The molecule has 0 spiro atoms. The standard InChI is InChI=1S/C14H21N3O3/c1-4-20-13(18)11-9-7-5-6-8-10(9)15-12(11)16-14(19)17(2)3/h15H,4-8H2,1-3H3,(H,16,19). The van der Waals surface area contributed by atoms with E-state index in [2.05, 4.69) is 10.3 Å². The number of rotatable bonds is 3. The number of aromatic nitrogens is 1. The van der Waals surface area contributed by atoms with Gasteiger partial charge in [-0.2, -0.15) is 0 Å². The van der Waals surface area contributed by atoms with Gasteiger partial charge < -0.3 is 14.6 Å². The topological polar surface area (TPSA) is 74.4 Å². The Hall–Kier alpha value is -1.98. The number of fused-ring (bicyclic) bond motifs is 1. The number of amides is 2. The van der Waals surface area contributed by atoms with Gasteiger partial charge in [0.05, 0.1) is 6.61 Å². The summed E-state index contributed by atoms with van der Waals surface area (Å²) < 4.78 is 5.11. The van der Waals surface area contributed by atoms with Crippen molar-refractivity contribution < 1.29 is 14.3 Å². The molecule has 0 unspecified atom stereocenters. The molecule has 0 saturated heterocycles. The smallest absolute Gasteiger partial charge is 0.342 e. The molecule has 1 aliphatic rings. The highest BCUT2D eigenvalue weighted by molar-refractivity contribution is 6.01. The molecule has 6 heteroatoms. The van der Waals surface area contributed by atoms with E-state index in [0.29, 0.717) is 18.0 Å². The Kier molecular flexibility index (Phi) is 4.32. The van der Waals surface area contributed by atoms with Crippen LogP contribution < -0.4 is 5.32 Å². The van der Waals surface area contributed by atoms with E-state index in [0.717, 1.165) is 36.9 Å². The van der Waals surface area contributed by atoms with Gasteiger partial charge in [0, 0.05) is 19.8 Å². The summed E-state index contributed by atoms with van der Waals surface area (Å²) in [6.45, 7) is 2.09. The molecule has 0 bridgehead atoms. The van der Waals surface area contributed by atoms with Gasteiger partial charge in [-0.05, 0) is 38.2 Å². The number of aryl methyl sites for hydroxylation is 1. The van der Waals surface area contributed by atoms with Crippen molar-refractivity contribution in [2.24, 2.45) is 0 Å². The number of carbonyl (C=O) groups is 2. The van der Waals surface area contributed by atoms with E-state index in [4.69, 9.17) is 4.74 Å². The summed E-state index contributed by atoms with van der Waals surface area (Å²) in [4.78, 5) is 28.5. The molecule has 1 aromatic heterocycles. The Bertz CT molecular complexity index is 520. The molecule has 0 radical (unpaired) electrons. The first-order valence-corrected chi connectivity index (χ1v) is 6.93. The van der Waals surface area contributed by atoms with Crippen molar-refractivity contribution in [3.05, 3.63) is 16.8 Å². The predicted octanol–water partition coefficient (Wildman–Crippen LogP) is 2.16. The van der Waals surface area contributed by atoms with Gasteiger partial charge in [-0.1, -0.05) is 0 Å². The van der Waals surface area contributed by atoms with E-state index in [1.165, 1.54) is 4.90 Å². The normalized spacial score (nSPS) is 13.6. The van der Waals surface area contributed by atoms with Crippen LogP contribution in [0.25, 0.3) is 0 Å². The van der Waals surface area contributed by atoms with Crippen LogP contribution in [0.4, 0.5) is 10.6 Å². The minimum Gasteiger partial charge on any atom is -0.462 e. The van der Waals surface area contributed by atoms with Crippen molar-refractivity contribution in [3.63, 3.8) is 0 Å². The van der Waals surface area contributed by atoms with Crippen molar-refractivity contribution in [2.75, 3.05) is 26.0 Å². The van der Waals surface area contributed by atoms with Gasteiger partial charge in [0.2, 0.25) is 0 Å². The number of aromatic amines is 1. The summed E-state index contributed by atoms with van der Waals surface area (Å²) in [5, 5.41) is 2.74. The summed E-state index contributed by atoms with van der Waals surface area (Å²) in [5.41, 5.74) is 2.51. The van der Waals surface area contributed by atoms with Crippen LogP contribution in [0.5, 0.6) is 0 Å². The molecular formula is C14H21N3O3. The highest BCUT2D eigenvalue weighted by Crippen LogP contribution is 2.30. The molecule has 2 N–H and O–H groups in total. The van der Waals surface area contributed by atoms with E-state index in [9.17, 15) is 9.59 Å². The van der Waals surface area contributed by atoms with Crippen LogP contribution >= 0.6 is 0 Å². The number of urea groups is 1. The second kappa shape index (κ2) is 5.98. The fourth-order valence-electron chi connectivity index (χ4n) is 2.42. The number of hydrogen-bond acceptors (Lipinski definition) is 3. The van der Waals surface area contributed by atoms with Crippen LogP contribution in [0.2, 0.25) is 0 Å². The summed E-state index contributed by atoms with van der Waals surface area (Å²) in [6.07, 6.45) is 3.90. The van der Waals surface area contributed by atoms with E-state index in [1.54, 1.807) is 21.0 Å². The van der Waals surface area contributed by atoms with Crippen LogP contribution in [0.15, 0.2) is 0 Å². The summed E-state index contributed by atoms with van der Waals surface area (Å²) in [7, 11) is 3.31. The molecule has 110 valence electrons. The molecule has 1 heterocycles. The lowest BCUT2D eigenvalue weighted by Crippen LogP contribution is -2.28. The average Bonchev–Trinajstić information content (AvgIpc) is 2.76. The van der Waals surface area contributed by atoms with Crippen LogP contribution in [0.3, 0.4) is 0 Å². The number of esters is 1. The van der Waals surface area contributed by atoms with Crippen molar-refractivity contribution in [2.45, 2.75) is 32.6 Å². The van der Waals surface area contributed by atoms with Gasteiger partial charge >= 0.3 is 12.0 Å². The first kappa shape index (κ1) is 14.4. The third-order valence-corrected chi connectivity index (χ3v) is 3.41. The molecule has 20 heavy (non-hydrogen) atoms. The second-order valence-corrected chi connectivity index (χ2v) is 5.08. The van der Waals surface area contributed by atoms with Crippen molar-refractivity contribution in [1.82, 2.24) is 9.88 Å². The van der Waals surface area contributed by atoms with Crippen LogP contribution in [0.1, 0.15) is 41.4 Å². The van der Waals surface area contributed by atoms with Gasteiger partial charge in [0.15, 0.2) is 0 Å². The average molecular weight is 279 g/mol. The van der Waals surface area contributed by atoms with E-state index < -0.39 is 0 Å². The third-order valence-electron chi connectivity index (χ3n) is 3.41. The lowest BCUT2D eigenvalue weighted by molar-refractivity contribution is 0.0526. The molecule has 0 atom stereocenters.